The molecule has 0 saturated carbocycles. The second-order valence-electron chi connectivity index (χ2n) is 7.29. The van der Waals surface area contributed by atoms with Crippen LogP contribution in [-0.4, -0.2) is 24.7 Å². The monoisotopic (exact) mass is 452 g/mol. The van der Waals surface area contributed by atoms with Crippen molar-refractivity contribution in [1.82, 2.24) is 5.32 Å². The van der Waals surface area contributed by atoms with Gasteiger partial charge in [0.25, 0.3) is 5.91 Å². The van der Waals surface area contributed by atoms with Crippen LogP contribution in [0.5, 0.6) is 11.5 Å². The maximum atomic E-state index is 13.0. The lowest BCUT2D eigenvalue weighted by Crippen LogP contribution is -2.43. The minimum atomic E-state index is -0.323. The molecule has 0 fully saturated rings. The normalized spacial score (nSPS) is 11.1. The van der Waals surface area contributed by atoms with Gasteiger partial charge in [0.05, 0.1) is 11.1 Å². The lowest BCUT2D eigenvalue weighted by atomic mass is 10.1. The van der Waals surface area contributed by atoms with Crippen LogP contribution < -0.4 is 20.1 Å². The maximum absolute atomic E-state index is 13.0. The molecule has 1 amide bonds. The van der Waals surface area contributed by atoms with Crippen LogP contribution in [0, 0.1) is 5.82 Å². The van der Waals surface area contributed by atoms with Gasteiger partial charge >= 0.3 is 0 Å². The highest BCUT2D eigenvalue weighted by molar-refractivity contribution is 9.10. The molecule has 0 unspecified atom stereocenters. The molecule has 0 saturated heterocycles. The SMILES string of the molecule is CCOc1cc(CNc2ccc(F)cc2)cc(Br)c1OCC(=O)NC(C)(C)C. The summed E-state index contributed by atoms with van der Waals surface area (Å²) in [4.78, 5) is 12.0. The quantitative estimate of drug-likeness (QED) is 0.598. The molecule has 2 aromatic rings. The van der Waals surface area contributed by atoms with Gasteiger partial charge < -0.3 is 20.1 Å². The van der Waals surface area contributed by atoms with Crippen molar-refractivity contribution in [2.75, 3.05) is 18.5 Å². The first kappa shape index (κ1) is 22.0. The zero-order chi connectivity index (χ0) is 20.7. The topological polar surface area (TPSA) is 59.6 Å². The van der Waals surface area contributed by atoms with E-state index in [-0.39, 0.29) is 23.9 Å². The molecule has 0 aliphatic rings. The summed E-state index contributed by atoms with van der Waals surface area (Å²) < 4.78 is 25.1. The third kappa shape index (κ3) is 7.03. The first-order valence-electron chi connectivity index (χ1n) is 9.06. The zero-order valence-corrected chi connectivity index (χ0v) is 18.2. The Kier molecular flexibility index (Phi) is 7.69. The highest BCUT2D eigenvalue weighted by Gasteiger charge is 2.17. The fraction of sp³-hybridized carbons (Fsp3) is 0.381. The minimum absolute atomic E-state index is 0.108. The molecule has 0 radical (unpaired) electrons. The van der Waals surface area contributed by atoms with Crippen LogP contribution in [-0.2, 0) is 11.3 Å². The Morgan fingerprint density at radius 3 is 2.43 bits per heavy atom. The molecule has 152 valence electrons. The fourth-order valence-corrected chi connectivity index (χ4v) is 3.09. The highest BCUT2D eigenvalue weighted by Crippen LogP contribution is 2.37. The van der Waals surface area contributed by atoms with E-state index in [9.17, 15) is 9.18 Å². The van der Waals surface area contributed by atoms with Crippen molar-refractivity contribution in [3.05, 3.63) is 52.3 Å². The Labute approximate surface area is 173 Å². The number of carbonyl (C=O) groups is 1. The number of amides is 1. The van der Waals surface area contributed by atoms with Crippen LogP contribution in [0.1, 0.15) is 33.3 Å². The van der Waals surface area contributed by atoms with Crippen molar-refractivity contribution in [3.8, 4) is 11.5 Å². The van der Waals surface area contributed by atoms with Gasteiger partial charge in [0.15, 0.2) is 18.1 Å². The highest BCUT2D eigenvalue weighted by atomic mass is 79.9. The van der Waals surface area contributed by atoms with Crippen LogP contribution >= 0.6 is 15.9 Å². The number of halogens is 2. The molecular weight excluding hydrogens is 427 g/mol. The molecule has 0 bridgehead atoms. The minimum Gasteiger partial charge on any atom is -0.490 e. The van der Waals surface area contributed by atoms with E-state index in [1.165, 1.54) is 12.1 Å². The number of nitrogens with one attached hydrogen (secondary N) is 2. The lowest BCUT2D eigenvalue weighted by molar-refractivity contribution is -0.124. The van der Waals surface area contributed by atoms with Crippen LogP contribution in [0.2, 0.25) is 0 Å². The van der Waals surface area contributed by atoms with Crippen molar-refractivity contribution >= 4 is 27.5 Å². The summed E-state index contributed by atoms with van der Waals surface area (Å²) in [5.41, 5.74) is 1.44. The zero-order valence-electron chi connectivity index (χ0n) is 16.6. The Bertz CT molecular complexity index is 805. The van der Waals surface area contributed by atoms with Gasteiger partial charge in [0.2, 0.25) is 0 Å². The predicted molar refractivity (Wildman–Crippen MR) is 112 cm³/mol. The summed E-state index contributed by atoms with van der Waals surface area (Å²) in [6.07, 6.45) is 0. The van der Waals surface area contributed by atoms with Crippen LogP contribution in [0.4, 0.5) is 10.1 Å². The predicted octanol–water partition coefficient (Wildman–Crippen LogP) is 4.89. The van der Waals surface area contributed by atoms with E-state index in [4.69, 9.17) is 9.47 Å². The molecule has 0 heterocycles. The number of benzene rings is 2. The molecule has 2 aromatic carbocycles. The summed E-state index contributed by atoms with van der Waals surface area (Å²) in [5, 5.41) is 6.09. The second-order valence-corrected chi connectivity index (χ2v) is 8.14. The van der Waals surface area contributed by atoms with Gasteiger partial charge in [0, 0.05) is 17.8 Å². The van der Waals surface area contributed by atoms with E-state index in [2.05, 4.69) is 26.6 Å². The van der Waals surface area contributed by atoms with E-state index in [1.54, 1.807) is 12.1 Å². The Hall–Kier alpha value is -2.28. The van der Waals surface area contributed by atoms with Gasteiger partial charge in [-0.3, -0.25) is 4.79 Å². The van der Waals surface area contributed by atoms with Crippen LogP contribution in [0.3, 0.4) is 0 Å². The Morgan fingerprint density at radius 2 is 1.82 bits per heavy atom. The van der Waals surface area contributed by atoms with Crippen molar-refractivity contribution in [1.29, 1.82) is 0 Å². The van der Waals surface area contributed by atoms with Crippen LogP contribution in [0.25, 0.3) is 0 Å². The summed E-state index contributed by atoms with van der Waals surface area (Å²) in [6, 6.07) is 9.93. The van der Waals surface area contributed by atoms with Crippen molar-refractivity contribution < 1.29 is 18.7 Å². The molecular formula is C21H26BrFN2O3. The Balaban J connectivity index is 2.09. The molecule has 0 atom stereocenters. The smallest absolute Gasteiger partial charge is 0.258 e. The molecule has 2 N–H and O–H groups in total. The molecule has 0 spiro atoms. The summed E-state index contributed by atoms with van der Waals surface area (Å²) >= 11 is 3.50. The van der Waals surface area contributed by atoms with E-state index >= 15 is 0 Å². The van der Waals surface area contributed by atoms with Gasteiger partial charge in [-0.25, -0.2) is 4.39 Å². The maximum Gasteiger partial charge on any atom is 0.258 e. The molecule has 0 aliphatic heterocycles. The molecule has 0 aliphatic carbocycles. The van der Waals surface area contributed by atoms with Crippen molar-refractivity contribution in [2.24, 2.45) is 0 Å². The average Bonchev–Trinajstić information content (AvgIpc) is 2.59. The van der Waals surface area contributed by atoms with Gasteiger partial charge in [0.1, 0.15) is 5.82 Å². The molecule has 5 nitrogen and oxygen atoms in total. The standard InChI is InChI=1S/C21H26BrFN2O3/c1-5-27-18-11-14(12-24-16-8-6-15(23)7-9-16)10-17(22)20(18)28-13-19(26)25-21(2,3)4/h6-11,24H,5,12-13H2,1-4H3,(H,25,26). The molecule has 28 heavy (non-hydrogen) atoms. The number of hydrogen-bond acceptors (Lipinski definition) is 4. The number of carbonyl (C=O) groups excluding carboxylic acids is 1. The van der Waals surface area contributed by atoms with Gasteiger partial charge in [-0.05, 0) is 85.6 Å². The van der Waals surface area contributed by atoms with E-state index in [1.807, 2.05) is 39.8 Å². The fourth-order valence-electron chi connectivity index (χ4n) is 2.49. The number of ether oxygens (including phenoxy) is 2. The number of hydrogen-bond donors (Lipinski definition) is 2. The van der Waals surface area contributed by atoms with E-state index < -0.39 is 0 Å². The first-order chi connectivity index (χ1) is 13.2. The van der Waals surface area contributed by atoms with Gasteiger partial charge in [-0.1, -0.05) is 0 Å². The molecule has 0 aromatic heterocycles. The van der Waals surface area contributed by atoms with Crippen molar-refractivity contribution in [2.45, 2.75) is 39.8 Å². The molecule has 2 rings (SSSR count). The summed E-state index contributed by atoms with van der Waals surface area (Å²) in [5.74, 6) is 0.556. The van der Waals surface area contributed by atoms with Gasteiger partial charge in [-0.15, -0.1) is 0 Å². The largest absolute Gasteiger partial charge is 0.490 e. The van der Waals surface area contributed by atoms with Crippen LogP contribution in [0.15, 0.2) is 40.9 Å². The summed E-state index contributed by atoms with van der Waals surface area (Å²) in [7, 11) is 0. The van der Waals surface area contributed by atoms with Crippen molar-refractivity contribution in [3.63, 3.8) is 0 Å². The molecule has 7 heteroatoms. The Morgan fingerprint density at radius 1 is 1.14 bits per heavy atom. The second kappa shape index (κ2) is 9.78. The third-order valence-electron chi connectivity index (χ3n) is 3.57. The third-order valence-corrected chi connectivity index (χ3v) is 4.16. The first-order valence-corrected chi connectivity index (χ1v) is 9.85. The lowest BCUT2D eigenvalue weighted by Gasteiger charge is -2.21. The van der Waals surface area contributed by atoms with E-state index in [0.717, 1.165) is 11.3 Å². The van der Waals surface area contributed by atoms with E-state index in [0.29, 0.717) is 29.1 Å². The average molecular weight is 453 g/mol. The number of anilines is 1. The van der Waals surface area contributed by atoms with Gasteiger partial charge in [-0.2, -0.15) is 0 Å². The number of rotatable bonds is 8. The summed E-state index contributed by atoms with van der Waals surface area (Å²) in [6.45, 7) is 8.50.